The van der Waals surface area contributed by atoms with Crippen LogP contribution in [-0.4, -0.2) is 8.07 Å². The third-order valence-electron chi connectivity index (χ3n) is 9.04. The van der Waals surface area contributed by atoms with E-state index in [1.54, 1.807) is 32.7 Å². The van der Waals surface area contributed by atoms with E-state index in [0.29, 0.717) is 11.8 Å². The SMILES string of the molecule is CC1=C([Si](C2=C(C)Cc3cccc(C(C)C)c32)(c2ccccc2)c2ccccc2)c2c(cccc2C(C)C)C1. The van der Waals surface area contributed by atoms with Gasteiger partial charge in [-0.1, -0.05) is 136 Å². The molecule has 0 nitrogen and oxygen atoms in total. The van der Waals surface area contributed by atoms with Crippen molar-refractivity contribution in [1.82, 2.24) is 0 Å². The molecule has 0 aliphatic heterocycles. The average molecular weight is 525 g/mol. The van der Waals surface area contributed by atoms with Gasteiger partial charge >= 0.3 is 0 Å². The minimum atomic E-state index is -2.71. The Balaban J connectivity index is 1.83. The zero-order valence-electron chi connectivity index (χ0n) is 24.3. The van der Waals surface area contributed by atoms with Crippen LogP contribution in [0.2, 0.25) is 0 Å². The minimum absolute atomic E-state index is 0.469. The van der Waals surface area contributed by atoms with Gasteiger partial charge in [0.25, 0.3) is 0 Å². The fourth-order valence-corrected chi connectivity index (χ4v) is 13.5. The Hall–Kier alpha value is -3.42. The predicted molar refractivity (Wildman–Crippen MR) is 172 cm³/mol. The average Bonchev–Trinajstić information content (AvgIpc) is 3.46. The maximum absolute atomic E-state index is 2.71. The van der Waals surface area contributed by atoms with Crippen molar-refractivity contribution >= 4 is 28.8 Å². The summed E-state index contributed by atoms with van der Waals surface area (Å²) in [5.41, 5.74) is 12.2. The van der Waals surface area contributed by atoms with Crippen molar-refractivity contribution < 1.29 is 0 Å². The van der Waals surface area contributed by atoms with Crippen LogP contribution in [0.5, 0.6) is 0 Å². The van der Waals surface area contributed by atoms with E-state index in [2.05, 4.69) is 139 Å². The predicted octanol–water partition coefficient (Wildman–Crippen LogP) is 8.63. The second-order valence-electron chi connectivity index (χ2n) is 12.2. The Morgan fingerprint density at radius 2 is 0.872 bits per heavy atom. The van der Waals surface area contributed by atoms with Gasteiger partial charge in [-0.2, -0.15) is 0 Å². The molecular weight excluding hydrogens is 485 g/mol. The number of rotatable bonds is 6. The van der Waals surface area contributed by atoms with E-state index >= 15 is 0 Å². The molecule has 39 heavy (non-hydrogen) atoms. The highest BCUT2D eigenvalue weighted by Gasteiger charge is 2.51. The van der Waals surface area contributed by atoms with Gasteiger partial charge in [-0.15, -0.1) is 0 Å². The van der Waals surface area contributed by atoms with Crippen LogP contribution < -0.4 is 10.4 Å². The molecule has 0 atom stereocenters. The molecule has 0 spiro atoms. The fraction of sp³-hybridized carbons (Fsp3) is 0.263. The van der Waals surface area contributed by atoms with E-state index in [4.69, 9.17) is 0 Å². The second kappa shape index (κ2) is 9.95. The monoisotopic (exact) mass is 524 g/mol. The molecule has 0 saturated heterocycles. The summed E-state index contributed by atoms with van der Waals surface area (Å²) in [6.07, 6.45) is 2.09. The molecule has 0 fully saturated rings. The lowest BCUT2D eigenvalue weighted by Gasteiger charge is -2.40. The molecule has 0 radical (unpaired) electrons. The molecular formula is C38H40Si. The van der Waals surface area contributed by atoms with Gasteiger partial charge < -0.3 is 0 Å². The third kappa shape index (κ3) is 3.93. The highest BCUT2D eigenvalue weighted by atomic mass is 28.3. The summed E-state index contributed by atoms with van der Waals surface area (Å²) in [4.78, 5) is 0. The summed E-state index contributed by atoms with van der Waals surface area (Å²) in [6.45, 7) is 14.3. The van der Waals surface area contributed by atoms with Crippen LogP contribution >= 0.6 is 0 Å². The summed E-state index contributed by atoms with van der Waals surface area (Å²) in [5.74, 6) is 0.938. The first-order valence-electron chi connectivity index (χ1n) is 14.6. The van der Waals surface area contributed by atoms with Crippen LogP contribution in [0.25, 0.3) is 10.4 Å². The zero-order chi connectivity index (χ0) is 27.3. The van der Waals surface area contributed by atoms with Crippen LogP contribution in [0, 0.1) is 0 Å². The van der Waals surface area contributed by atoms with Crippen LogP contribution in [0.3, 0.4) is 0 Å². The van der Waals surface area contributed by atoms with Gasteiger partial charge in [-0.25, -0.2) is 0 Å². The van der Waals surface area contributed by atoms with Gasteiger partial charge in [0.05, 0.1) is 0 Å². The Labute approximate surface area is 236 Å². The second-order valence-corrected chi connectivity index (χ2v) is 15.9. The van der Waals surface area contributed by atoms with E-state index in [9.17, 15) is 0 Å². The topological polar surface area (TPSA) is 0 Å². The van der Waals surface area contributed by atoms with Gasteiger partial charge in [-0.3, -0.25) is 0 Å². The lowest BCUT2D eigenvalue weighted by molar-refractivity contribution is 0.861. The van der Waals surface area contributed by atoms with E-state index in [0.717, 1.165) is 12.8 Å². The summed E-state index contributed by atoms with van der Waals surface area (Å²) >= 11 is 0. The summed E-state index contributed by atoms with van der Waals surface area (Å²) in [7, 11) is -2.71. The van der Waals surface area contributed by atoms with E-state index in [1.807, 2.05) is 0 Å². The molecule has 0 amide bonds. The molecule has 0 heterocycles. The molecule has 0 saturated carbocycles. The fourth-order valence-electron chi connectivity index (χ4n) is 7.54. The smallest absolute Gasteiger partial charge is 0.0679 e. The number of allylic oxidation sites excluding steroid dienone is 2. The van der Waals surface area contributed by atoms with Gasteiger partial charge in [0.15, 0.2) is 8.07 Å². The van der Waals surface area contributed by atoms with Crippen molar-refractivity contribution in [1.29, 1.82) is 0 Å². The Bertz CT molecular complexity index is 1480. The molecule has 2 aliphatic rings. The number of benzene rings is 4. The highest BCUT2D eigenvalue weighted by Crippen LogP contribution is 2.51. The Kier molecular flexibility index (Phi) is 6.59. The van der Waals surface area contributed by atoms with Crippen molar-refractivity contribution in [2.75, 3.05) is 0 Å². The molecule has 0 N–H and O–H groups in total. The maximum atomic E-state index is 2.44. The summed E-state index contributed by atoms with van der Waals surface area (Å²) < 4.78 is 0. The summed E-state index contributed by atoms with van der Waals surface area (Å²) in [6, 6.07) is 37.3. The molecule has 2 aliphatic carbocycles. The first-order valence-corrected chi connectivity index (χ1v) is 16.6. The van der Waals surface area contributed by atoms with Crippen molar-refractivity contribution in [3.05, 3.63) is 142 Å². The molecule has 4 aromatic carbocycles. The van der Waals surface area contributed by atoms with Crippen molar-refractivity contribution in [3.63, 3.8) is 0 Å². The quantitative estimate of drug-likeness (QED) is 0.221. The summed E-state index contributed by atoms with van der Waals surface area (Å²) in [5, 5.41) is 6.27. The van der Waals surface area contributed by atoms with Crippen LogP contribution in [0.1, 0.15) is 86.8 Å². The Morgan fingerprint density at radius 3 is 1.23 bits per heavy atom. The van der Waals surface area contributed by atoms with E-state index in [1.165, 1.54) is 32.6 Å². The first kappa shape index (κ1) is 25.8. The van der Waals surface area contributed by atoms with E-state index in [-0.39, 0.29) is 0 Å². The molecule has 6 rings (SSSR count). The number of hydrogen-bond donors (Lipinski definition) is 0. The molecule has 196 valence electrons. The van der Waals surface area contributed by atoms with Gasteiger partial charge in [0.2, 0.25) is 0 Å². The van der Waals surface area contributed by atoms with Crippen LogP contribution in [-0.2, 0) is 12.8 Å². The van der Waals surface area contributed by atoms with Crippen molar-refractivity contribution in [2.45, 2.75) is 66.2 Å². The van der Waals surface area contributed by atoms with Crippen LogP contribution in [0.15, 0.2) is 108 Å². The lowest BCUT2D eigenvalue weighted by atomic mass is 9.95. The zero-order valence-corrected chi connectivity index (χ0v) is 25.3. The molecule has 0 bridgehead atoms. The molecule has 4 aromatic rings. The van der Waals surface area contributed by atoms with Crippen molar-refractivity contribution in [3.8, 4) is 0 Å². The largest absolute Gasteiger partial charge is 0.180 e. The maximum Gasteiger partial charge on any atom is 0.180 e. The normalized spacial score (nSPS) is 15.0. The van der Waals surface area contributed by atoms with Gasteiger partial charge in [0, 0.05) is 0 Å². The van der Waals surface area contributed by atoms with Gasteiger partial charge in [0.1, 0.15) is 0 Å². The number of hydrogen-bond acceptors (Lipinski definition) is 0. The highest BCUT2D eigenvalue weighted by molar-refractivity contribution is 7.26. The standard InChI is InChI=1S/C38H40Si/c1-25(2)33-21-13-15-29-23-27(5)37(35(29)33)39(31-17-9-7-10-18-31,32-19-11-8-12-20-32)38-28(6)24-30-16-14-22-34(26(3)4)36(30)38/h7-22,25-26H,23-24H2,1-6H3. The first-order chi connectivity index (χ1) is 18.9. The molecule has 1 heteroatoms. The lowest BCUT2D eigenvalue weighted by Crippen LogP contribution is -2.61. The third-order valence-corrected chi connectivity index (χ3v) is 14.3. The van der Waals surface area contributed by atoms with E-state index < -0.39 is 8.07 Å². The minimum Gasteiger partial charge on any atom is -0.0679 e. The van der Waals surface area contributed by atoms with Crippen LogP contribution in [0.4, 0.5) is 0 Å². The van der Waals surface area contributed by atoms with Crippen molar-refractivity contribution in [2.24, 2.45) is 0 Å². The molecule has 0 aromatic heterocycles. The molecule has 0 unspecified atom stereocenters. The van der Waals surface area contributed by atoms with Gasteiger partial charge in [-0.05, 0) is 92.7 Å². The number of fused-ring (bicyclic) bond motifs is 2. The Morgan fingerprint density at radius 1 is 0.487 bits per heavy atom.